The van der Waals surface area contributed by atoms with Crippen LogP contribution in [0.25, 0.3) is 0 Å². The van der Waals surface area contributed by atoms with Crippen LogP contribution in [0.1, 0.15) is 12.0 Å². The van der Waals surface area contributed by atoms with Gasteiger partial charge in [-0.05, 0) is 37.0 Å². The lowest BCUT2D eigenvalue weighted by molar-refractivity contribution is 0.664. The van der Waals surface area contributed by atoms with Crippen LogP contribution in [-0.2, 0) is 5.41 Å². The van der Waals surface area contributed by atoms with Gasteiger partial charge in [0.25, 0.3) is 0 Å². The summed E-state index contributed by atoms with van der Waals surface area (Å²) in [6.07, 6.45) is 1.13. The number of halogens is 1. The van der Waals surface area contributed by atoms with Gasteiger partial charge in [0, 0.05) is 16.4 Å². The van der Waals surface area contributed by atoms with Crippen molar-refractivity contribution in [1.29, 1.82) is 0 Å². The van der Waals surface area contributed by atoms with Crippen molar-refractivity contribution in [2.24, 2.45) is 11.7 Å². The summed E-state index contributed by atoms with van der Waals surface area (Å²) in [7, 11) is 0. The highest BCUT2D eigenvalue weighted by Gasteiger charge is 2.50. The van der Waals surface area contributed by atoms with Gasteiger partial charge >= 0.3 is 0 Å². The van der Waals surface area contributed by atoms with Gasteiger partial charge in [0.1, 0.15) is 0 Å². The number of hydrogen-bond acceptors (Lipinski definition) is 1. The van der Waals surface area contributed by atoms with Gasteiger partial charge in [-0.1, -0.05) is 28.1 Å². The maximum atomic E-state index is 5.78. The monoisotopic (exact) mass is 238 g/mol. The van der Waals surface area contributed by atoms with Crippen LogP contribution in [-0.4, -0.2) is 6.54 Å². The van der Waals surface area contributed by atoms with Crippen LogP contribution in [0.5, 0.6) is 0 Å². The van der Waals surface area contributed by atoms with E-state index in [-0.39, 0.29) is 5.41 Å². The molecule has 1 aliphatic rings. The molecule has 0 saturated heterocycles. The SMILES string of the molecule is [CH2]C1CC1(CN)c1ccc(Br)cc1. The first-order chi connectivity index (χ1) is 6.19. The predicted molar refractivity (Wildman–Crippen MR) is 58.3 cm³/mol. The summed E-state index contributed by atoms with van der Waals surface area (Å²) in [5, 5.41) is 0. The van der Waals surface area contributed by atoms with Crippen molar-refractivity contribution in [3.05, 3.63) is 41.2 Å². The second-order valence-electron chi connectivity index (χ2n) is 3.77. The van der Waals surface area contributed by atoms with Crippen molar-refractivity contribution in [2.75, 3.05) is 6.54 Å². The third kappa shape index (κ3) is 1.42. The van der Waals surface area contributed by atoms with Crippen molar-refractivity contribution in [1.82, 2.24) is 0 Å². The van der Waals surface area contributed by atoms with Crippen molar-refractivity contribution in [2.45, 2.75) is 11.8 Å². The highest BCUT2D eigenvalue weighted by molar-refractivity contribution is 9.10. The Kier molecular flexibility index (Phi) is 2.20. The lowest BCUT2D eigenvalue weighted by Crippen LogP contribution is -2.21. The molecule has 2 rings (SSSR count). The van der Waals surface area contributed by atoms with Crippen LogP contribution in [0.15, 0.2) is 28.7 Å². The van der Waals surface area contributed by atoms with Crippen molar-refractivity contribution >= 4 is 15.9 Å². The summed E-state index contributed by atoms with van der Waals surface area (Å²) < 4.78 is 1.12. The van der Waals surface area contributed by atoms with Crippen LogP contribution in [0, 0.1) is 12.8 Å². The molecule has 13 heavy (non-hydrogen) atoms. The molecule has 0 aliphatic heterocycles. The van der Waals surface area contributed by atoms with Crippen molar-refractivity contribution in [3.63, 3.8) is 0 Å². The first-order valence-electron chi connectivity index (χ1n) is 4.48. The van der Waals surface area contributed by atoms with E-state index in [0.717, 1.165) is 10.9 Å². The van der Waals surface area contributed by atoms with E-state index < -0.39 is 0 Å². The van der Waals surface area contributed by atoms with Crippen LogP contribution >= 0.6 is 15.9 Å². The van der Waals surface area contributed by atoms with E-state index in [1.807, 2.05) is 0 Å². The fraction of sp³-hybridized carbons (Fsp3) is 0.364. The molecule has 1 radical (unpaired) electrons. The van der Waals surface area contributed by atoms with Gasteiger partial charge in [-0.2, -0.15) is 0 Å². The fourth-order valence-electron chi connectivity index (χ4n) is 1.88. The zero-order valence-corrected chi connectivity index (χ0v) is 9.05. The molecule has 1 nitrogen and oxygen atoms in total. The second kappa shape index (κ2) is 3.10. The van der Waals surface area contributed by atoms with Gasteiger partial charge < -0.3 is 5.73 Å². The molecule has 69 valence electrons. The van der Waals surface area contributed by atoms with Gasteiger partial charge in [0.15, 0.2) is 0 Å². The molecular formula is C11H13BrN. The molecule has 1 saturated carbocycles. The molecule has 0 aromatic heterocycles. The molecule has 2 N–H and O–H groups in total. The third-order valence-corrected chi connectivity index (χ3v) is 3.54. The van der Waals surface area contributed by atoms with Crippen LogP contribution in [0.2, 0.25) is 0 Å². The molecular weight excluding hydrogens is 226 g/mol. The minimum atomic E-state index is 0.181. The minimum Gasteiger partial charge on any atom is -0.330 e. The molecule has 2 atom stereocenters. The quantitative estimate of drug-likeness (QED) is 0.843. The van der Waals surface area contributed by atoms with Gasteiger partial charge in [-0.3, -0.25) is 0 Å². The maximum Gasteiger partial charge on any atom is 0.0175 e. The first-order valence-corrected chi connectivity index (χ1v) is 5.27. The van der Waals surface area contributed by atoms with Crippen LogP contribution in [0.4, 0.5) is 0 Å². The van der Waals surface area contributed by atoms with E-state index in [1.54, 1.807) is 0 Å². The van der Waals surface area contributed by atoms with Gasteiger partial charge in [0.2, 0.25) is 0 Å². The lowest BCUT2D eigenvalue weighted by atomic mass is 9.94. The normalized spacial score (nSPS) is 31.8. The summed E-state index contributed by atoms with van der Waals surface area (Å²) in [6, 6.07) is 8.42. The number of benzene rings is 1. The van der Waals surface area contributed by atoms with Crippen molar-refractivity contribution in [3.8, 4) is 0 Å². The Hall–Kier alpha value is -0.340. The molecule has 0 heterocycles. The molecule has 1 aliphatic carbocycles. The average molecular weight is 239 g/mol. The van der Waals surface area contributed by atoms with E-state index in [1.165, 1.54) is 5.56 Å². The summed E-state index contributed by atoms with van der Waals surface area (Å²) in [5.41, 5.74) is 7.29. The predicted octanol–water partition coefficient (Wildman–Crippen LogP) is 2.50. The number of nitrogens with two attached hydrogens (primary N) is 1. The summed E-state index contributed by atoms with van der Waals surface area (Å²) in [6.45, 7) is 4.79. The molecule has 0 spiro atoms. The standard InChI is InChI=1S/C11H13BrN/c1-8-6-11(8,7-13)9-2-4-10(12)5-3-9/h2-5,8H,1,6-7,13H2. The lowest BCUT2D eigenvalue weighted by Gasteiger charge is -2.14. The molecule has 1 fully saturated rings. The second-order valence-corrected chi connectivity index (χ2v) is 4.68. The number of rotatable bonds is 2. The van der Waals surface area contributed by atoms with E-state index >= 15 is 0 Å². The zero-order valence-electron chi connectivity index (χ0n) is 7.46. The molecule has 0 amide bonds. The Labute approximate surface area is 87.5 Å². The van der Waals surface area contributed by atoms with Crippen molar-refractivity contribution < 1.29 is 0 Å². The molecule has 1 aromatic rings. The Morgan fingerprint density at radius 1 is 1.46 bits per heavy atom. The van der Waals surface area contributed by atoms with E-state index in [2.05, 4.69) is 47.1 Å². The Bertz CT molecular complexity index is 302. The van der Waals surface area contributed by atoms with Gasteiger partial charge in [-0.25, -0.2) is 0 Å². The highest BCUT2D eigenvalue weighted by atomic mass is 79.9. The highest BCUT2D eigenvalue weighted by Crippen LogP contribution is 2.52. The van der Waals surface area contributed by atoms with Gasteiger partial charge in [0.05, 0.1) is 0 Å². The Morgan fingerprint density at radius 2 is 2.00 bits per heavy atom. The maximum absolute atomic E-state index is 5.78. The minimum absolute atomic E-state index is 0.181. The molecule has 0 bridgehead atoms. The summed E-state index contributed by atoms with van der Waals surface area (Å²) in [4.78, 5) is 0. The summed E-state index contributed by atoms with van der Waals surface area (Å²) >= 11 is 3.42. The smallest absolute Gasteiger partial charge is 0.0175 e. The van der Waals surface area contributed by atoms with E-state index in [0.29, 0.717) is 12.5 Å². The van der Waals surface area contributed by atoms with Crippen LogP contribution < -0.4 is 5.73 Å². The molecule has 2 heteroatoms. The Morgan fingerprint density at radius 3 is 2.38 bits per heavy atom. The third-order valence-electron chi connectivity index (χ3n) is 3.02. The van der Waals surface area contributed by atoms with Gasteiger partial charge in [-0.15, -0.1) is 0 Å². The Balaban J connectivity index is 2.31. The zero-order chi connectivity index (χ0) is 9.47. The molecule has 1 aromatic carbocycles. The first kappa shape index (κ1) is 9.22. The van der Waals surface area contributed by atoms with Crippen LogP contribution in [0.3, 0.4) is 0 Å². The van der Waals surface area contributed by atoms with E-state index in [4.69, 9.17) is 5.73 Å². The largest absolute Gasteiger partial charge is 0.330 e. The number of hydrogen-bond donors (Lipinski definition) is 1. The molecule has 2 unspecified atom stereocenters. The van der Waals surface area contributed by atoms with E-state index in [9.17, 15) is 0 Å². The topological polar surface area (TPSA) is 26.0 Å². The fourth-order valence-corrected chi connectivity index (χ4v) is 2.15. The average Bonchev–Trinajstić information content (AvgIpc) is 2.79. The summed E-state index contributed by atoms with van der Waals surface area (Å²) in [5.74, 6) is 0.499.